The second-order valence-electron chi connectivity index (χ2n) is 7.00. The SMILES string of the molecule is COCC(=O)N(C1CCOCC1)C1CCN(C(=O)Cc2ccsc2)CC1. The van der Waals surface area contributed by atoms with Gasteiger partial charge in [-0.3, -0.25) is 9.59 Å². The van der Waals surface area contributed by atoms with Crippen LogP contribution in [0.1, 0.15) is 31.2 Å². The molecule has 26 heavy (non-hydrogen) atoms. The fraction of sp³-hybridized carbons (Fsp3) is 0.684. The van der Waals surface area contributed by atoms with Crippen molar-refractivity contribution >= 4 is 23.2 Å². The van der Waals surface area contributed by atoms with Crippen LogP contribution in [0.3, 0.4) is 0 Å². The van der Waals surface area contributed by atoms with Gasteiger partial charge < -0.3 is 19.3 Å². The number of carbonyl (C=O) groups excluding carboxylic acids is 2. The average Bonchev–Trinajstić information content (AvgIpc) is 3.16. The molecule has 2 aliphatic heterocycles. The van der Waals surface area contributed by atoms with E-state index in [2.05, 4.69) is 0 Å². The summed E-state index contributed by atoms with van der Waals surface area (Å²) >= 11 is 1.62. The summed E-state index contributed by atoms with van der Waals surface area (Å²) in [5, 5.41) is 4.03. The lowest BCUT2D eigenvalue weighted by Gasteiger charge is -2.43. The minimum absolute atomic E-state index is 0.0578. The molecule has 2 saturated heterocycles. The third kappa shape index (κ3) is 4.84. The molecule has 0 bridgehead atoms. The standard InChI is InChI=1S/C19H28N2O4S/c1-24-13-19(23)21(17-4-9-25-10-5-17)16-2-7-20(8-3-16)18(22)12-15-6-11-26-14-15/h6,11,14,16-17H,2-5,7-10,12-13H2,1H3. The lowest BCUT2D eigenvalue weighted by Crippen LogP contribution is -2.54. The minimum Gasteiger partial charge on any atom is -0.381 e. The first kappa shape index (κ1) is 19.3. The highest BCUT2D eigenvalue weighted by molar-refractivity contribution is 7.08. The molecule has 0 N–H and O–H groups in total. The van der Waals surface area contributed by atoms with Crippen molar-refractivity contribution in [1.82, 2.24) is 9.80 Å². The largest absolute Gasteiger partial charge is 0.381 e. The van der Waals surface area contributed by atoms with E-state index in [-0.39, 0.29) is 30.5 Å². The predicted molar refractivity (Wildman–Crippen MR) is 100 cm³/mol. The van der Waals surface area contributed by atoms with E-state index in [1.54, 1.807) is 18.4 Å². The number of hydrogen-bond donors (Lipinski definition) is 0. The lowest BCUT2D eigenvalue weighted by molar-refractivity contribution is -0.144. The number of hydrogen-bond acceptors (Lipinski definition) is 5. The van der Waals surface area contributed by atoms with Crippen molar-refractivity contribution in [2.24, 2.45) is 0 Å². The average molecular weight is 381 g/mol. The first-order chi connectivity index (χ1) is 12.7. The van der Waals surface area contributed by atoms with Crippen LogP contribution in [0.2, 0.25) is 0 Å². The fourth-order valence-electron chi connectivity index (χ4n) is 3.94. The fourth-order valence-corrected chi connectivity index (χ4v) is 4.61. The van der Waals surface area contributed by atoms with Gasteiger partial charge in [0.2, 0.25) is 11.8 Å². The number of rotatable bonds is 6. The molecule has 0 radical (unpaired) electrons. The maximum absolute atomic E-state index is 12.6. The third-order valence-corrected chi connectivity index (χ3v) is 6.02. The third-order valence-electron chi connectivity index (χ3n) is 5.29. The second kappa shape index (κ2) is 9.48. The van der Waals surface area contributed by atoms with Crippen molar-refractivity contribution in [2.45, 2.75) is 44.2 Å². The zero-order chi connectivity index (χ0) is 18.4. The first-order valence-corrected chi connectivity index (χ1v) is 10.3. The molecule has 3 heterocycles. The summed E-state index contributed by atoms with van der Waals surface area (Å²) in [7, 11) is 1.56. The molecule has 7 heteroatoms. The summed E-state index contributed by atoms with van der Waals surface area (Å²) in [5.74, 6) is 0.241. The number of likely N-dealkylation sites (tertiary alicyclic amines) is 1. The molecule has 144 valence electrons. The Labute approximate surface area is 159 Å². The Hall–Kier alpha value is -1.44. The number of piperidine rings is 1. The smallest absolute Gasteiger partial charge is 0.249 e. The van der Waals surface area contributed by atoms with Gasteiger partial charge in [0.25, 0.3) is 0 Å². The van der Waals surface area contributed by atoms with Gasteiger partial charge in [-0.25, -0.2) is 0 Å². The van der Waals surface area contributed by atoms with Crippen LogP contribution in [0, 0.1) is 0 Å². The Kier molecular flexibility index (Phi) is 7.05. The van der Waals surface area contributed by atoms with E-state index in [0.717, 1.165) is 31.2 Å². The summed E-state index contributed by atoms with van der Waals surface area (Å²) < 4.78 is 10.6. The molecule has 2 amide bonds. The van der Waals surface area contributed by atoms with Gasteiger partial charge in [0, 0.05) is 45.5 Å². The molecule has 0 spiro atoms. The van der Waals surface area contributed by atoms with Crippen LogP contribution in [0.25, 0.3) is 0 Å². The number of methoxy groups -OCH3 is 1. The molecule has 0 aliphatic carbocycles. The summed E-state index contributed by atoms with van der Waals surface area (Å²) in [6.07, 6.45) is 3.91. The number of thiophene rings is 1. The Morgan fingerprint density at radius 1 is 1.23 bits per heavy atom. The molecule has 0 unspecified atom stereocenters. The van der Waals surface area contributed by atoms with E-state index in [1.165, 1.54) is 0 Å². The van der Waals surface area contributed by atoms with E-state index in [0.29, 0.717) is 32.7 Å². The van der Waals surface area contributed by atoms with Crippen molar-refractivity contribution in [1.29, 1.82) is 0 Å². The number of amides is 2. The molecule has 1 aromatic heterocycles. The van der Waals surface area contributed by atoms with Crippen LogP contribution in [-0.4, -0.2) is 73.7 Å². The van der Waals surface area contributed by atoms with Crippen molar-refractivity contribution < 1.29 is 19.1 Å². The molecule has 6 nitrogen and oxygen atoms in total. The predicted octanol–water partition coefficient (Wildman–Crippen LogP) is 1.94. The molecule has 0 aromatic carbocycles. The van der Waals surface area contributed by atoms with Crippen LogP contribution in [0.15, 0.2) is 16.8 Å². The molecule has 2 fully saturated rings. The lowest BCUT2D eigenvalue weighted by atomic mass is 9.97. The van der Waals surface area contributed by atoms with Gasteiger partial charge >= 0.3 is 0 Å². The Morgan fingerprint density at radius 3 is 2.54 bits per heavy atom. The second-order valence-corrected chi connectivity index (χ2v) is 7.78. The van der Waals surface area contributed by atoms with Gasteiger partial charge in [-0.1, -0.05) is 0 Å². The zero-order valence-electron chi connectivity index (χ0n) is 15.4. The Morgan fingerprint density at radius 2 is 1.92 bits per heavy atom. The molecule has 3 rings (SSSR count). The number of nitrogens with zero attached hydrogens (tertiary/aromatic N) is 2. The van der Waals surface area contributed by atoms with Crippen molar-refractivity contribution in [3.05, 3.63) is 22.4 Å². The molecule has 0 saturated carbocycles. The molecule has 2 aliphatic rings. The number of carbonyl (C=O) groups is 2. The highest BCUT2D eigenvalue weighted by Crippen LogP contribution is 2.24. The van der Waals surface area contributed by atoms with Gasteiger partial charge in [0.05, 0.1) is 6.42 Å². The highest BCUT2D eigenvalue weighted by atomic mass is 32.1. The van der Waals surface area contributed by atoms with Gasteiger partial charge in [-0.2, -0.15) is 11.3 Å². The maximum Gasteiger partial charge on any atom is 0.249 e. The van der Waals surface area contributed by atoms with Crippen LogP contribution >= 0.6 is 11.3 Å². The van der Waals surface area contributed by atoms with Gasteiger partial charge in [-0.05, 0) is 48.1 Å². The summed E-state index contributed by atoms with van der Waals surface area (Å²) in [6, 6.07) is 2.42. The monoisotopic (exact) mass is 380 g/mol. The van der Waals surface area contributed by atoms with Crippen LogP contribution < -0.4 is 0 Å². The molecule has 0 atom stereocenters. The summed E-state index contributed by atoms with van der Waals surface area (Å²) in [6.45, 7) is 2.97. The van der Waals surface area contributed by atoms with E-state index < -0.39 is 0 Å². The topological polar surface area (TPSA) is 59.1 Å². The maximum atomic E-state index is 12.6. The Bertz CT molecular complexity index is 578. The normalized spacial score (nSPS) is 19.5. The van der Waals surface area contributed by atoms with Crippen molar-refractivity contribution in [2.75, 3.05) is 40.0 Å². The summed E-state index contributed by atoms with van der Waals surface area (Å²) in [4.78, 5) is 29.1. The first-order valence-electron chi connectivity index (χ1n) is 9.35. The minimum atomic E-state index is 0.0578. The number of ether oxygens (including phenoxy) is 2. The van der Waals surface area contributed by atoms with E-state index in [4.69, 9.17) is 9.47 Å². The van der Waals surface area contributed by atoms with E-state index in [9.17, 15) is 9.59 Å². The van der Waals surface area contributed by atoms with E-state index >= 15 is 0 Å². The summed E-state index contributed by atoms with van der Waals surface area (Å²) in [5.41, 5.74) is 1.08. The van der Waals surface area contributed by atoms with Gasteiger partial charge in [-0.15, -0.1) is 0 Å². The quantitative estimate of drug-likeness (QED) is 0.757. The van der Waals surface area contributed by atoms with Gasteiger partial charge in [0.15, 0.2) is 0 Å². The van der Waals surface area contributed by atoms with Crippen LogP contribution in [0.5, 0.6) is 0 Å². The molecular formula is C19H28N2O4S. The zero-order valence-corrected chi connectivity index (χ0v) is 16.2. The molecule has 1 aromatic rings. The van der Waals surface area contributed by atoms with E-state index in [1.807, 2.05) is 26.6 Å². The highest BCUT2D eigenvalue weighted by Gasteiger charge is 2.34. The van der Waals surface area contributed by atoms with Crippen LogP contribution in [-0.2, 0) is 25.5 Å². The molecular weight excluding hydrogens is 352 g/mol. The van der Waals surface area contributed by atoms with Crippen LogP contribution in [0.4, 0.5) is 0 Å². The van der Waals surface area contributed by atoms with Gasteiger partial charge in [0.1, 0.15) is 6.61 Å². The van der Waals surface area contributed by atoms with Crippen molar-refractivity contribution in [3.63, 3.8) is 0 Å². The Balaban J connectivity index is 1.57. The van der Waals surface area contributed by atoms with Crippen molar-refractivity contribution in [3.8, 4) is 0 Å².